The van der Waals surface area contributed by atoms with Crippen LogP contribution in [0.5, 0.6) is 11.5 Å². The van der Waals surface area contributed by atoms with Crippen molar-refractivity contribution in [1.82, 2.24) is 9.88 Å². The number of carbonyl (C=O) groups excluding carboxylic acids is 1. The molecule has 3 rings (SSSR count). The van der Waals surface area contributed by atoms with Crippen molar-refractivity contribution in [2.75, 3.05) is 13.2 Å². The standard InChI is InChI=1S/C24H20F4N2O6/c1-30-19(14-8-15(24(26,27)28)11-16(25)9-14)12-18(20(31)22(30)33)21(32)29-6-3-7-36-17-5-2-4-13(10-17)23(34)35/h2,4-5,8-12,31H,3,6-7H2,1H3,(H,29,32)(H,34,35). The van der Waals surface area contributed by atoms with Crippen LogP contribution >= 0.6 is 0 Å². The molecule has 0 spiro atoms. The second-order valence-electron chi connectivity index (χ2n) is 7.67. The van der Waals surface area contributed by atoms with Crippen molar-refractivity contribution in [2.45, 2.75) is 12.6 Å². The molecule has 2 aromatic carbocycles. The van der Waals surface area contributed by atoms with Crippen molar-refractivity contribution in [3.8, 4) is 22.8 Å². The van der Waals surface area contributed by atoms with Gasteiger partial charge in [-0.2, -0.15) is 13.2 Å². The van der Waals surface area contributed by atoms with Crippen molar-refractivity contribution >= 4 is 11.9 Å². The van der Waals surface area contributed by atoms with E-state index in [1.165, 1.54) is 18.2 Å². The third-order valence-corrected chi connectivity index (χ3v) is 5.13. The van der Waals surface area contributed by atoms with Crippen molar-refractivity contribution in [3.63, 3.8) is 0 Å². The van der Waals surface area contributed by atoms with Gasteiger partial charge >= 0.3 is 12.1 Å². The number of hydrogen-bond acceptors (Lipinski definition) is 5. The molecule has 36 heavy (non-hydrogen) atoms. The molecule has 0 saturated carbocycles. The first-order valence-corrected chi connectivity index (χ1v) is 10.4. The highest BCUT2D eigenvalue weighted by molar-refractivity contribution is 5.97. The molecule has 0 saturated heterocycles. The Balaban J connectivity index is 1.74. The largest absolute Gasteiger partial charge is 0.502 e. The maximum Gasteiger partial charge on any atom is 0.416 e. The summed E-state index contributed by atoms with van der Waals surface area (Å²) >= 11 is 0. The SMILES string of the molecule is Cn1c(-c2cc(F)cc(C(F)(F)F)c2)cc(C(=O)NCCCOc2cccc(C(=O)O)c2)c(O)c1=O. The summed E-state index contributed by atoms with van der Waals surface area (Å²) in [6, 6.07) is 8.50. The van der Waals surface area contributed by atoms with E-state index in [1.807, 2.05) is 0 Å². The zero-order valence-corrected chi connectivity index (χ0v) is 18.7. The van der Waals surface area contributed by atoms with Crippen LogP contribution in [0.3, 0.4) is 0 Å². The monoisotopic (exact) mass is 508 g/mol. The average molecular weight is 508 g/mol. The quantitative estimate of drug-likeness (QED) is 0.315. The smallest absolute Gasteiger partial charge is 0.416 e. The van der Waals surface area contributed by atoms with Gasteiger partial charge in [-0.3, -0.25) is 9.59 Å². The highest BCUT2D eigenvalue weighted by atomic mass is 19.4. The number of amides is 1. The summed E-state index contributed by atoms with van der Waals surface area (Å²) < 4.78 is 59.4. The summed E-state index contributed by atoms with van der Waals surface area (Å²) in [7, 11) is 1.16. The van der Waals surface area contributed by atoms with Crippen LogP contribution in [0.1, 0.15) is 32.7 Å². The third kappa shape index (κ3) is 6.01. The highest BCUT2D eigenvalue weighted by Crippen LogP contribution is 2.33. The Labute approximate surface area is 201 Å². The van der Waals surface area contributed by atoms with Gasteiger partial charge in [-0.15, -0.1) is 0 Å². The van der Waals surface area contributed by atoms with Gasteiger partial charge in [0, 0.05) is 19.2 Å². The Morgan fingerprint density at radius 3 is 2.50 bits per heavy atom. The number of benzene rings is 2. The van der Waals surface area contributed by atoms with E-state index in [0.717, 1.165) is 23.7 Å². The fraction of sp³-hybridized carbons (Fsp3) is 0.208. The number of aromatic carboxylic acids is 1. The Kier molecular flexibility index (Phi) is 7.66. The average Bonchev–Trinajstić information content (AvgIpc) is 2.81. The number of alkyl halides is 3. The maximum atomic E-state index is 13.9. The van der Waals surface area contributed by atoms with E-state index in [4.69, 9.17) is 9.84 Å². The Hall–Kier alpha value is -4.35. The number of aromatic hydroxyl groups is 1. The van der Waals surface area contributed by atoms with E-state index in [2.05, 4.69) is 5.32 Å². The minimum Gasteiger partial charge on any atom is -0.502 e. The molecule has 3 aromatic rings. The maximum absolute atomic E-state index is 13.9. The minimum atomic E-state index is -4.84. The van der Waals surface area contributed by atoms with E-state index in [9.17, 15) is 37.1 Å². The number of ether oxygens (including phenoxy) is 1. The number of carbonyl (C=O) groups is 2. The number of aromatic nitrogens is 1. The zero-order chi connectivity index (χ0) is 26.6. The van der Waals surface area contributed by atoms with E-state index < -0.39 is 46.3 Å². The molecule has 1 amide bonds. The van der Waals surface area contributed by atoms with Crippen molar-refractivity contribution in [1.29, 1.82) is 0 Å². The lowest BCUT2D eigenvalue weighted by atomic mass is 10.0. The molecular weight excluding hydrogens is 488 g/mol. The van der Waals surface area contributed by atoms with Crippen molar-refractivity contribution in [2.24, 2.45) is 7.05 Å². The second kappa shape index (κ2) is 10.5. The topological polar surface area (TPSA) is 118 Å². The molecule has 0 radical (unpaired) electrons. The summed E-state index contributed by atoms with van der Waals surface area (Å²) in [4.78, 5) is 36.0. The first kappa shape index (κ1) is 26.3. The lowest BCUT2D eigenvalue weighted by Gasteiger charge is -2.15. The number of rotatable bonds is 8. The minimum absolute atomic E-state index is 0.0274. The first-order valence-electron chi connectivity index (χ1n) is 10.4. The van der Waals surface area contributed by atoms with Crippen LogP contribution < -0.4 is 15.6 Å². The predicted molar refractivity (Wildman–Crippen MR) is 120 cm³/mol. The van der Waals surface area contributed by atoms with E-state index in [0.29, 0.717) is 17.9 Å². The molecule has 12 heteroatoms. The molecule has 0 unspecified atom stereocenters. The second-order valence-corrected chi connectivity index (χ2v) is 7.67. The van der Waals surface area contributed by atoms with Gasteiger partial charge < -0.3 is 24.8 Å². The Morgan fingerprint density at radius 2 is 1.83 bits per heavy atom. The number of halogens is 4. The predicted octanol–water partition coefficient (Wildman–Crippen LogP) is 3.81. The lowest BCUT2D eigenvalue weighted by molar-refractivity contribution is -0.137. The molecule has 0 bridgehead atoms. The number of carboxylic acids is 1. The summed E-state index contributed by atoms with van der Waals surface area (Å²) in [5, 5.41) is 21.6. The number of nitrogens with one attached hydrogen (secondary N) is 1. The van der Waals surface area contributed by atoms with Gasteiger partial charge in [0.25, 0.3) is 11.5 Å². The molecule has 0 aliphatic carbocycles. The molecule has 1 aromatic heterocycles. The van der Waals surface area contributed by atoms with Gasteiger partial charge in [-0.1, -0.05) is 6.07 Å². The van der Waals surface area contributed by atoms with Crippen LogP contribution in [0.15, 0.2) is 53.3 Å². The van der Waals surface area contributed by atoms with Gasteiger partial charge in [0.05, 0.1) is 29.0 Å². The first-order chi connectivity index (χ1) is 16.9. The Morgan fingerprint density at radius 1 is 1.11 bits per heavy atom. The fourth-order valence-corrected chi connectivity index (χ4v) is 3.31. The molecule has 0 aliphatic heterocycles. The zero-order valence-electron chi connectivity index (χ0n) is 18.7. The van der Waals surface area contributed by atoms with Crippen LogP contribution in [0.2, 0.25) is 0 Å². The van der Waals surface area contributed by atoms with Crippen LogP contribution in [0, 0.1) is 5.82 Å². The molecule has 3 N–H and O–H groups in total. The van der Waals surface area contributed by atoms with E-state index in [1.54, 1.807) is 6.07 Å². The van der Waals surface area contributed by atoms with Gasteiger partial charge in [-0.05, 0) is 48.9 Å². The highest BCUT2D eigenvalue weighted by Gasteiger charge is 2.32. The van der Waals surface area contributed by atoms with Crippen molar-refractivity contribution in [3.05, 3.63) is 81.4 Å². The number of nitrogens with zero attached hydrogens (tertiary/aromatic N) is 1. The van der Waals surface area contributed by atoms with Gasteiger partial charge in [0.15, 0.2) is 5.75 Å². The van der Waals surface area contributed by atoms with Crippen LogP contribution in [-0.2, 0) is 13.2 Å². The van der Waals surface area contributed by atoms with E-state index >= 15 is 0 Å². The van der Waals surface area contributed by atoms with Gasteiger partial charge in [-0.25, -0.2) is 9.18 Å². The summed E-state index contributed by atoms with van der Waals surface area (Å²) in [6.07, 6.45) is -4.58. The number of carboxylic acid groups (broad SMARTS) is 1. The van der Waals surface area contributed by atoms with Crippen LogP contribution in [0.25, 0.3) is 11.3 Å². The molecule has 0 atom stereocenters. The molecule has 0 fully saturated rings. The van der Waals surface area contributed by atoms with Crippen LogP contribution in [0.4, 0.5) is 17.6 Å². The Bertz CT molecular complexity index is 1370. The molecule has 1 heterocycles. The lowest BCUT2D eigenvalue weighted by Crippen LogP contribution is -2.29. The fourth-order valence-electron chi connectivity index (χ4n) is 3.31. The van der Waals surface area contributed by atoms with Crippen LogP contribution in [-0.4, -0.2) is 39.8 Å². The number of pyridine rings is 1. The molecule has 8 nitrogen and oxygen atoms in total. The normalized spacial score (nSPS) is 11.2. The van der Waals surface area contributed by atoms with Gasteiger partial charge in [0.2, 0.25) is 0 Å². The molecule has 0 aliphatic rings. The van der Waals surface area contributed by atoms with Crippen molar-refractivity contribution < 1.29 is 42.1 Å². The summed E-state index contributed by atoms with van der Waals surface area (Å²) in [5.74, 6) is -3.81. The summed E-state index contributed by atoms with van der Waals surface area (Å²) in [5.41, 5.74) is -3.32. The molecular formula is C24H20F4N2O6. The van der Waals surface area contributed by atoms with E-state index in [-0.39, 0.29) is 36.4 Å². The number of hydrogen-bond donors (Lipinski definition) is 3. The molecule has 190 valence electrons. The third-order valence-electron chi connectivity index (χ3n) is 5.13. The van der Waals surface area contributed by atoms with Gasteiger partial charge in [0.1, 0.15) is 11.6 Å². The summed E-state index contributed by atoms with van der Waals surface area (Å²) in [6.45, 7) is 0.125.